The molecule has 26 heavy (non-hydrogen) atoms. The van der Waals surface area contributed by atoms with Crippen LogP contribution in [0.5, 0.6) is 5.75 Å². The van der Waals surface area contributed by atoms with Gasteiger partial charge < -0.3 is 15.0 Å². The molecule has 0 radical (unpaired) electrons. The van der Waals surface area contributed by atoms with Crippen molar-refractivity contribution in [2.45, 2.75) is 33.5 Å². The molecule has 0 saturated carbocycles. The summed E-state index contributed by atoms with van der Waals surface area (Å²) in [5.74, 6) is -0.331. The third-order valence-corrected chi connectivity index (χ3v) is 4.26. The normalized spacial score (nSPS) is 11.7. The minimum absolute atomic E-state index is 0.0129. The lowest BCUT2D eigenvalue weighted by Crippen LogP contribution is -2.38. The van der Waals surface area contributed by atoms with E-state index in [2.05, 4.69) is 20.0 Å². The van der Waals surface area contributed by atoms with Gasteiger partial charge in [-0.1, -0.05) is 6.07 Å². The first-order chi connectivity index (χ1) is 12.4. The number of rotatable bonds is 7. The number of nitrogens with one attached hydrogen (secondary N) is 1. The van der Waals surface area contributed by atoms with Crippen molar-refractivity contribution in [1.29, 1.82) is 0 Å². The smallest absolute Gasteiger partial charge is 0.387 e. The number of halogens is 3. The number of hydrogen-bond donors (Lipinski definition) is 1. The lowest BCUT2D eigenvalue weighted by molar-refractivity contribution is -0.0506. The van der Waals surface area contributed by atoms with Crippen LogP contribution in [0.1, 0.15) is 23.2 Å². The van der Waals surface area contributed by atoms with Crippen molar-refractivity contribution in [3.63, 3.8) is 0 Å². The first-order valence-corrected chi connectivity index (χ1v) is 8.91. The highest BCUT2D eigenvalue weighted by Gasteiger charge is 2.15. The lowest BCUT2D eigenvalue weighted by Gasteiger charge is -2.21. The van der Waals surface area contributed by atoms with E-state index < -0.39 is 12.4 Å². The quantitative estimate of drug-likeness (QED) is 0.581. The van der Waals surface area contributed by atoms with E-state index in [4.69, 9.17) is 0 Å². The maximum Gasteiger partial charge on any atom is 0.387 e. The maximum absolute atomic E-state index is 14.1. The predicted octanol–water partition coefficient (Wildman–Crippen LogP) is 3.79. The molecule has 0 bridgehead atoms. The Morgan fingerprint density at radius 3 is 2.81 bits per heavy atom. The third kappa shape index (κ3) is 5.62. The van der Waals surface area contributed by atoms with Crippen LogP contribution in [0.3, 0.4) is 0 Å². The molecule has 0 spiro atoms. The third-order valence-electron chi connectivity index (χ3n) is 3.44. The molecule has 0 fully saturated rings. The summed E-state index contributed by atoms with van der Waals surface area (Å²) in [5.41, 5.74) is 0.884. The van der Waals surface area contributed by atoms with Crippen LogP contribution in [0.2, 0.25) is 0 Å². The van der Waals surface area contributed by atoms with Gasteiger partial charge in [0.2, 0.25) is 0 Å². The summed E-state index contributed by atoms with van der Waals surface area (Å²) >= 11 is 1.56. The van der Waals surface area contributed by atoms with Crippen LogP contribution in [-0.2, 0) is 13.1 Å². The fourth-order valence-electron chi connectivity index (χ4n) is 2.32. The van der Waals surface area contributed by atoms with Crippen LogP contribution in [0, 0.1) is 12.7 Å². The zero-order chi connectivity index (χ0) is 19.1. The van der Waals surface area contributed by atoms with Crippen LogP contribution < -0.4 is 10.1 Å². The van der Waals surface area contributed by atoms with E-state index in [0.717, 1.165) is 10.7 Å². The number of aryl methyl sites for hydroxylation is 1. The number of hydrogen-bond acceptors (Lipinski definition) is 4. The van der Waals surface area contributed by atoms with E-state index >= 15 is 0 Å². The van der Waals surface area contributed by atoms with Gasteiger partial charge in [0.15, 0.2) is 5.96 Å². The summed E-state index contributed by atoms with van der Waals surface area (Å²) < 4.78 is 43.5. The van der Waals surface area contributed by atoms with Crippen LogP contribution >= 0.6 is 11.3 Å². The number of alkyl halides is 2. The van der Waals surface area contributed by atoms with Crippen LogP contribution in [0.15, 0.2) is 28.6 Å². The van der Waals surface area contributed by atoms with Gasteiger partial charge in [-0.3, -0.25) is 0 Å². The molecule has 1 heterocycles. The molecule has 142 valence electrons. The molecule has 0 atom stereocenters. The SMILES string of the molecule is CCNC(=NCc1c(F)cccc1OC(F)F)N(C)Cc1csc(C)n1. The van der Waals surface area contributed by atoms with Gasteiger partial charge in [0.05, 0.1) is 29.4 Å². The Balaban J connectivity index is 2.18. The van der Waals surface area contributed by atoms with Gasteiger partial charge in [0.25, 0.3) is 0 Å². The fraction of sp³-hybridized carbons (Fsp3) is 0.412. The molecule has 0 aliphatic rings. The Bertz CT molecular complexity index is 751. The van der Waals surface area contributed by atoms with Crippen molar-refractivity contribution in [2.75, 3.05) is 13.6 Å². The van der Waals surface area contributed by atoms with Crippen molar-refractivity contribution in [2.24, 2.45) is 4.99 Å². The number of guanidine groups is 1. The molecule has 0 aliphatic carbocycles. The van der Waals surface area contributed by atoms with Crippen LogP contribution in [-0.4, -0.2) is 36.0 Å². The van der Waals surface area contributed by atoms with Crippen molar-refractivity contribution in [3.05, 3.63) is 45.7 Å². The largest absolute Gasteiger partial charge is 0.434 e. The molecular formula is C17H21F3N4OS. The summed E-state index contributed by atoms with van der Waals surface area (Å²) in [5, 5.41) is 6.03. The molecule has 1 aromatic carbocycles. The zero-order valence-corrected chi connectivity index (χ0v) is 15.6. The number of aromatic nitrogens is 1. The molecule has 0 unspecified atom stereocenters. The Labute approximate surface area is 154 Å². The van der Waals surface area contributed by atoms with Crippen molar-refractivity contribution in [3.8, 4) is 5.75 Å². The second kappa shape index (κ2) is 9.42. The minimum Gasteiger partial charge on any atom is -0.434 e. The highest BCUT2D eigenvalue weighted by molar-refractivity contribution is 7.09. The standard InChI is InChI=1S/C17H21F3N4OS/c1-4-21-17(24(3)9-12-10-26-11(2)23-12)22-8-13-14(18)6-5-7-15(13)25-16(19)20/h5-7,10,16H,4,8-9H2,1-3H3,(H,21,22). The first kappa shape index (κ1) is 20.0. The maximum atomic E-state index is 14.1. The van der Waals surface area contributed by atoms with Gasteiger partial charge in [-0.25, -0.2) is 14.4 Å². The van der Waals surface area contributed by atoms with Crippen molar-refractivity contribution < 1.29 is 17.9 Å². The van der Waals surface area contributed by atoms with E-state index in [0.29, 0.717) is 19.0 Å². The predicted molar refractivity (Wildman–Crippen MR) is 96.2 cm³/mol. The molecule has 1 aromatic heterocycles. The lowest BCUT2D eigenvalue weighted by atomic mass is 10.2. The highest BCUT2D eigenvalue weighted by atomic mass is 32.1. The topological polar surface area (TPSA) is 49.8 Å². The van der Waals surface area contributed by atoms with Gasteiger partial charge in [-0.15, -0.1) is 11.3 Å². The monoisotopic (exact) mass is 386 g/mol. The Morgan fingerprint density at radius 1 is 1.42 bits per heavy atom. The average Bonchev–Trinajstić information content (AvgIpc) is 2.97. The number of aliphatic imine (C=N–C) groups is 1. The molecule has 1 N–H and O–H groups in total. The van der Waals surface area contributed by atoms with E-state index in [9.17, 15) is 13.2 Å². The van der Waals surface area contributed by atoms with E-state index in [-0.39, 0.29) is 17.9 Å². The minimum atomic E-state index is -3.02. The van der Waals surface area contributed by atoms with Crippen LogP contribution in [0.4, 0.5) is 13.2 Å². The van der Waals surface area contributed by atoms with E-state index in [1.54, 1.807) is 11.3 Å². The molecule has 0 aliphatic heterocycles. The number of benzene rings is 1. The van der Waals surface area contributed by atoms with Gasteiger partial charge >= 0.3 is 6.61 Å². The molecule has 0 amide bonds. The van der Waals surface area contributed by atoms with Gasteiger partial charge in [-0.2, -0.15) is 8.78 Å². The Kier molecular flexibility index (Phi) is 7.26. The van der Waals surface area contributed by atoms with Crippen LogP contribution in [0.25, 0.3) is 0 Å². The first-order valence-electron chi connectivity index (χ1n) is 8.03. The van der Waals surface area contributed by atoms with E-state index in [1.165, 1.54) is 18.2 Å². The second-order valence-electron chi connectivity index (χ2n) is 5.48. The molecular weight excluding hydrogens is 365 g/mol. The number of thiazole rings is 1. The number of ether oxygens (including phenoxy) is 1. The van der Waals surface area contributed by atoms with Crippen molar-refractivity contribution in [1.82, 2.24) is 15.2 Å². The summed E-state index contributed by atoms with van der Waals surface area (Å²) in [6.45, 7) is 1.81. The van der Waals surface area contributed by atoms with Gasteiger partial charge in [0.1, 0.15) is 11.6 Å². The Hall–Kier alpha value is -2.29. The molecule has 2 rings (SSSR count). The number of nitrogens with zero attached hydrogens (tertiary/aromatic N) is 3. The molecule has 2 aromatic rings. The Morgan fingerprint density at radius 2 is 2.19 bits per heavy atom. The van der Waals surface area contributed by atoms with Gasteiger partial charge in [0, 0.05) is 19.0 Å². The average molecular weight is 386 g/mol. The van der Waals surface area contributed by atoms with E-state index in [1.807, 2.05) is 31.2 Å². The van der Waals surface area contributed by atoms with Crippen molar-refractivity contribution >= 4 is 17.3 Å². The zero-order valence-electron chi connectivity index (χ0n) is 14.8. The highest BCUT2D eigenvalue weighted by Crippen LogP contribution is 2.24. The molecule has 9 heteroatoms. The summed E-state index contributed by atoms with van der Waals surface area (Å²) in [7, 11) is 1.83. The second-order valence-corrected chi connectivity index (χ2v) is 6.54. The summed E-state index contributed by atoms with van der Waals surface area (Å²) in [6.07, 6.45) is 0. The van der Waals surface area contributed by atoms with Gasteiger partial charge in [-0.05, 0) is 26.0 Å². The summed E-state index contributed by atoms with van der Waals surface area (Å²) in [4.78, 5) is 10.6. The molecule has 5 nitrogen and oxygen atoms in total. The fourth-order valence-corrected chi connectivity index (χ4v) is 2.92. The summed E-state index contributed by atoms with van der Waals surface area (Å²) in [6, 6.07) is 3.81. The molecule has 0 saturated heterocycles.